The summed E-state index contributed by atoms with van der Waals surface area (Å²) in [6, 6.07) is 9.87. The summed E-state index contributed by atoms with van der Waals surface area (Å²) >= 11 is 1.04. The molecule has 0 spiro atoms. The molecule has 0 aliphatic carbocycles. The topological polar surface area (TPSA) is 149 Å². The molecule has 9 nitrogen and oxygen atoms in total. The molecular formula is C17H17N3O6S3. The van der Waals surface area contributed by atoms with Gasteiger partial charge in [-0.2, -0.15) is 0 Å². The van der Waals surface area contributed by atoms with Crippen molar-refractivity contribution in [1.82, 2.24) is 4.98 Å². The number of primary sulfonamides is 1. The lowest BCUT2D eigenvalue weighted by molar-refractivity contribution is -0.113. The highest BCUT2D eigenvalue weighted by Gasteiger charge is 2.15. The molecule has 2 aromatic carbocycles. The van der Waals surface area contributed by atoms with Gasteiger partial charge in [-0.3, -0.25) is 4.79 Å². The molecule has 0 saturated carbocycles. The highest BCUT2D eigenvalue weighted by Crippen LogP contribution is 2.26. The fourth-order valence-corrected chi connectivity index (χ4v) is 4.41. The molecule has 0 unspecified atom stereocenters. The van der Waals surface area contributed by atoms with E-state index in [0.29, 0.717) is 16.8 Å². The molecule has 0 aliphatic rings. The van der Waals surface area contributed by atoms with Gasteiger partial charge in [0.05, 0.1) is 21.3 Å². The molecule has 3 aromatic rings. The minimum Gasteiger partial charge on any atom is -0.431 e. The van der Waals surface area contributed by atoms with Gasteiger partial charge < -0.3 is 9.73 Å². The third kappa shape index (κ3) is 5.15. The summed E-state index contributed by atoms with van der Waals surface area (Å²) in [7, 11) is -7.15. The maximum Gasteiger partial charge on any atom is 0.257 e. The summed E-state index contributed by atoms with van der Waals surface area (Å²) in [5, 5.41) is 7.87. The average Bonchev–Trinajstić information content (AvgIpc) is 3.08. The number of carbonyl (C=O) groups is 1. The first-order valence-corrected chi connectivity index (χ1v) is 12.5. The summed E-state index contributed by atoms with van der Waals surface area (Å²) in [6.07, 6.45) is 0. The first kappa shape index (κ1) is 21.3. The fourth-order valence-electron chi connectivity index (χ4n) is 2.36. The van der Waals surface area contributed by atoms with Crippen LogP contribution in [0.5, 0.6) is 0 Å². The lowest BCUT2D eigenvalue weighted by Crippen LogP contribution is -2.15. The van der Waals surface area contributed by atoms with E-state index >= 15 is 0 Å². The molecule has 3 N–H and O–H groups in total. The van der Waals surface area contributed by atoms with Crippen LogP contribution >= 0.6 is 11.8 Å². The van der Waals surface area contributed by atoms with Crippen molar-refractivity contribution >= 4 is 54.3 Å². The van der Waals surface area contributed by atoms with Crippen LogP contribution in [0.4, 0.5) is 5.69 Å². The van der Waals surface area contributed by atoms with Crippen molar-refractivity contribution in [2.45, 2.75) is 21.9 Å². The average molecular weight is 456 g/mol. The van der Waals surface area contributed by atoms with Crippen molar-refractivity contribution in [3.63, 3.8) is 0 Å². The molecule has 0 saturated heterocycles. The molecule has 0 radical (unpaired) electrons. The number of amides is 1. The van der Waals surface area contributed by atoms with Gasteiger partial charge in [0.1, 0.15) is 5.52 Å². The normalized spacial score (nSPS) is 12.2. The van der Waals surface area contributed by atoms with Crippen LogP contribution in [0, 0.1) is 0 Å². The van der Waals surface area contributed by atoms with Crippen LogP contribution in [-0.2, 0) is 24.7 Å². The Morgan fingerprint density at radius 2 is 1.76 bits per heavy atom. The molecule has 0 fully saturated rings. The van der Waals surface area contributed by atoms with Crippen LogP contribution in [0.25, 0.3) is 11.1 Å². The number of nitrogens with zero attached hydrogens (tertiary/aromatic N) is 1. The number of anilines is 1. The molecule has 3 rings (SSSR count). The second kappa shape index (κ2) is 8.14. The molecule has 1 heterocycles. The number of oxazole rings is 1. The van der Waals surface area contributed by atoms with Gasteiger partial charge >= 0.3 is 0 Å². The van der Waals surface area contributed by atoms with Crippen molar-refractivity contribution < 1.29 is 26.0 Å². The Kier molecular flexibility index (Phi) is 5.98. The van der Waals surface area contributed by atoms with E-state index in [1.54, 1.807) is 6.92 Å². The highest BCUT2D eigenvalue weighted by molar-refractivity contribution is 7.99. The van der Waals surface area contributed by atoms with E-state index in [1.165, 1.54) is 42.5 Å². The lowest BCUT2D eigenvalue weighted by atomic mass is 10.3. The molecule has 12 heteroatoms. The number of hydrogen-bond acceptors (Lipinski definition) is 8. The van der Waals surface area contributed by atoms with Crippen LogP contribution in [0.1, 0.15) is 6.92 Å². The summed E-state index contributed by atoms with van der Waals surface area (Å²) in [4.78, 5) is 16.4. The summed E-state index contributed by atoms with van der Waals surface area (Å²) in [5.41, 5.74) is 1.22. The third-order valence-electron chi connectivity index (χ3n) is 3.87. The van der Waals surface area contributed by atoms with E-state index in [4.69, 9.17) is 9.56 Å². The molecule has 0 atom stereocenters. The largest absolute Gasteiger partial charge is 0.431 e. The highest BCUT2D eigenvalue weighted by atomic mass is 32.2. The standard InChI is InChI=1S/C17H17N3O6S3/c1-2-28(22,23)13-7-8-15-14(9-13)20-17(26-15)27-10-16(21)19-11-3-5-12(6-4-11)29(18,24)25/h3-9H,2,10H2,1H3,(H,19,21)(H2,18,24,25). The van der Waals surface area contributed by atoms with Gasteiger partial charge in [0, 0.05) is 5.69 Å². The Morgan fingerprint density at radius 1 is 1.10 bits per heavy atom. The minimum absolute atomic E-state index is 0.0100. The summed E-state index contributed by atoms with van der Waals surface area (Å²) < 4.78 is 51.9. The Morgan fingerprint density at radius 3 is 2.38 bits per heavy atom. The van der Waals surface area contributed by atoms with E-state index in [-0.39, 0.29) is 32.4 Å². The van der Waals surface area contributed by atoms with Gasteiger partial charge in [-0.15, -0.1) is 0 Å². The first-order chi connectivity index (χ1) is 13.6. The monoisotopic (exact) mass is 455 g/mol. The SMILES string of the molecule is CCS(=O)(=O)c1ccc2oc(SCC(=O)Nc3ccc(S(N)(=O)=O)cc3)nc2c1. The third-order valence-corrected chi connectivity index (χ3v) is 7.36. The predicted molar refractivity (Wildman–Crippen MR) is 109 cm³/mol. The molecule has 0 bridgehead atoms. The second-order valence-corrected chi connectivity index (χ2v) is 10.7. The number of nitrogens with two attached hydrogens (primary N) is 1. The van der Waals surface area contributed by atoms with E-state index in [2.05, 4.69) is 10.3 Å². The number of rotatable bonds is 7. The summed E-state index contributed by atoms with van der Waals surface area (Å²) in [6.45, 7) is 1.56. The number of sulfonamides is 1. The van der Waals surface area contributed by atoms with Gasteiger partial charge in [0.2, 0.25) is 15.9 Å². The molecular weight excluding hydrogens is 438 g/mol. The first-order valence-electron chi connectivity index (χ1n) is 8.27. The number of nitrogens with one attached hydrogen (secondary N) is 1. The molecule has 0 aliphatic heterocycles. The molecule has 1 aromatic heterocycles. The number of benzene rings is 2. The van der Waals surface area contributed by atoms with Gasteiger partial charge in [-0.1, -0.05) is 18.7 Å². The van der Waals surface area contributed by atoms with Crippen molar-refractivity contribution in [1.29, 1.82) is 0 Å². The van der Waals surface area contributed by atoms with Gasteiger partial charge in [0.15, 0.2) is 15.4 Å². The van der Waals surface area contributed by atoms with Crippen LogP contribution in [-0.4, -0.2) is 39.2 Å². The second-order valence-electron chi connectivity index (χ2n) is 5.92. The Labute approximate surface area is 171 Å². The van der Waals surface area contributed by atoms with E-state index in [1.807, 2.05) is 0 Å². The van der Waals surface area contributed by atoms with Gasteiger partial charge in [-0.05, 0) is 42.5 Å². The number of carbonyl (C=O) groups excluding carboxylic acids is 1. The zero-order valence-electron chi connectivity index (χ0n) is 15.2. The smallest absolute Gasteiger partial charge is 0.257 e. The quantitative estimate of drug-likeness (QED) is 0.514. The zero-order valence-corrected chi connectivity index (χ0v) is 17.6. The van der Waals surface area contributed by atoms with Crippen molar-refractivity contribution in [2.75, 3.05) is 16.8 Å². The zero-order chi connectivity index (χ0) is 21.2. The van der Waals surface area contributed by atoms with E-state index in [0.717, 1.165) is 11.8 Å². The van der Waals surface area contributed by atoms with Gasteiger partial charge in [-0.25, -0.2) is 27.0 Å². The van der Waals surface area contributed by atoms with Crippen molar-refractivity contribution in [2.24, 2.45) is 5.14 Å². The molecule has 29 heavy (non-hydrogen) atoms. The van der Waals surface area contributed by atoms with Crippen molar-refractivity contribution in [3.05, 3.63) is 42.5 Å². The number of hydrogen-bond donors (Lipinski definition) is 2. The van der Waals surface area contributed by atoms with Crippen LogP contribution in [0.2, 0.25) is 0 Å². The van der Waals surface area contributed by atoms with Crippen molar-refractivity contribution in [3.8, 4) is 0 Å². The summed E-state index contributed by atoms with van der Waals surface area (Å²) in [5.74, 6) is -0.380. The maximum atomic E-state index is 12.1. The van der Waals surface area contributed by atoms with E-state index in [9.17, 15) is 21.6 Å². The lowest BCUT2D eigenvalue weighted by Gasteiger charge is -2.05. The number of sulfone groups is 1. The van der Waals surface area contributed by atoms with Crippen LogP contribution in [0.3, 0.4) is 0 Å². The maximum absolute atomic E-state index is 12.1. The number of fused-ring (bicyclic) bond motifs is 1. The van der Waals surface area contributed by atoms with Crippen LogP contribution < -0.4 is 10.5 Å². The fraction of sp³-hybridized carbons (Fsp3) is 0.176. The Bertz CT molecular complexity index is 1270. The number of thioether (sulfide) groups is 1. The molecule has 154 valence electrons. The number of aromatic nitrogens is 1. The Hall–Kier alpha value is -2.41. The minimum atomic E-state index is -3.80. The van der Waals surface area contributed by atoms with Gasteiger partial charge in [0.25, 0.3) is 5.22 Å². The van der Waals surface area contributed by atoms with Crippen LogP contribution in [0.15, 0.2) is 61.9 Å². The Balaban J connectivity index is 1.65. The molecule has 1 amide bonds. The predicted octanol–water partition coefficient (Wildman–Crippen LogP) is 2.00. The van der Waals surface area contributed by atoms with E-state index < -0.39 is 19.9 Å².